The number of guanidine groups is 1. The zero-order valence-corrected chi connectivity index (χ0v) is 21.5. The van der Waals surface area contributed by atoms with E-state index in [9.17, 15) is 8.42 Å². The lowest BCUT2D eigenvalue weighted by atomic mass is 10.0. The molecule has 0 radical (unpaired) electrons. The highest BCUT2D eigenvalue weighted by atomic mass is 127. The molecule has 0 amide bonds. The molecule has 1 fully saturated rings. The molecule has 0 spiro atoms. The van der Waals surface area contributed by atoms with Crippen LogP contribution in [0.1, 0.15) is 39.5 Å². The zero-order valence-electron chi connectivity index (χ0n) is 18.4. The monoisotopic (exact) mass is 552 g/mol. The predicted octanol–water partition coefficient (Wildman–Crippen LogP) is 2.91. The number of benzene rings is 1. The number of sulfone groups is 1. The molecule has 1 atom stereocenters. The Bertz CT molecular complexity index is 741. The second kappa shape index (κ2) is 14.1. The predicted molar refractivity (Wildman–Crippen MR) is 134 cm³/mol. The molecule has 1 saturated heterocycles. The molecule has 0 saturated carbocycles. The molecule has 7 nitrogen and oxygen atoms in total. The van der Waals surface area contributed by atoms with Gasteiger partial charge in [-0.15, -0.1) is 24.0 Å². The Kier molecular flexibility index (Phi) is 12.7. The first-order valence-corrected chi connectivity index (χ1v) is 12.5. The van der Waals surface area contributed by atoms with E-state index in [1.165, 1.54) is 32.1 Å². The highest BCUT2D eigenvalue weighted by molar-refractivity contribution is 14.0. The average molecular weight is 553 g/mol. The molecule has 1 aromatic rings. The Labute approximate surface area is 199 Å². The normalized spacial score (nSPS) is 17.8. The number of nitrogens with one attached hydrogen (secondary N) is 2. The molecule has 30 heavy (non-hydrogen) atoms. The summed E-state index contributed by atoms with van der Waals surface area (Å²) in [6, 6.07) is 7.18. The van der Waals surface area contributed by atoms with Gasteiger partial charge in [-0.3, -0.25) is 4.99 Å². The SMILES string of the molecule is CCNC(=NCCCN1CCCCC1C)NCCOc1ccc(S(C)(=O)=O)cc1.I. The average Bonchev–Trinajstić information content (AvgIpc) is 2.69. The first kappa shape index (κ1) is 27.0. The van der Waals surface area contributed by atoms with Crippen molar-refractivity contribution in [3.63, 3.8) is 0 Å². The van der Waals surface area contributed by atoms with Gasteiger partial charge in [0.2, 0.25) is 0 Å². The van der Waals surface area contributed by atoms with Gasteiger partial charge in [-0.25, -0.2) is 8.42 Å². The molecule has 2 rings (SSSR count). The third kappa shape index (κ3) is 9.82. The Hall–Kier alpha value is -1.07. The molecule has 2 N–H and O–H groups in total. The molecule has 0 aromatic heterocycles. The van der Waals surface area contributed by atoms with Crippen molar-refractivity contribution in [2.24, 2.45) is 4.99 Å². The first-order valence-electron chi connectivity index (χ1n) is 10.6. The summed E-state index contributed by atoms with van der Waals surface area (Å²) in [4.78, 5) is 7.52. The summed E-state index contributed by atoms with van der Waals surface area (Å²) in [5, 5.41) is 6.53. The number of likely N-dealkylation sites (tertiary alicyclic amines) is 1. The molecule has 1 heterocycles. The summed E-state index contributed by atoms with van der Waals surface area (Å²) in [7, 11) is -3.18. The Balaban J connectivity index is 0.00000450. The van der Waals surface area contributed by atoms with Gasteiger partial charge in [0.05, 0.1) is 11.4 Å². The topological polar surface area (TPSA) is 83.0 Å². The largest absolute Gasteiger partial charge is 0.492 e. The minimum Gasteiger partial charge on any atom is -0.492 e. The Morgan fingerprint density at radius 2 is 1.97 bits per heavy atom. The van der Waals surface area contributed by atoms with Crippen LogP contribution in [-0.2, 0) is 9.84 Å². The van der Waals surface area contributed by atoms with Crippen LogP contribution in [0, 0.1) is 0 Å². The Morgan fingerprint density at radius 3 is 2.60 bits per heavy atom. The van der Waals surface area contributed by atoms with E-state index >= 15 is 0 Å². The highest BCUT2D eigenvalue weighted by Gasteiger charge is 2.17. The number of ether oxygens (including phenoxy) is 1. The molecule has 0 aliphatic carbocycles. The minimum atomic E-state index is -3.18. The molecular formula is C21H37IN4O3S. The van der Waals surface area contributed by atoms with Crippen molar-refractivity contribution < 1.29 is 13.2 Å². The minimum absolute atomic E-state index is 0. The van der Waals surface area contributed by atoms with E-state index in [0.717, 1.165) is 32.0 Å². The summed E-state index contributed by atoms with van der Waals surface area (Å²) in [6.07, 6.45) is 6.24. The quantitative estimate of drug-likeness (QED) is 0.201. The van der Waals surface area contributed by atoms with Crippen LogP contribution in [-0.4, -0.2) is 70.9 Å². The van der Waals surface area contributed by atoms with Gasteiger partial charge in [0.1, 0.15) is 12.4 Å². The second-order valence-electron chi connectivity index (χ2n) is 7.51. The van der Waals surface area contributed by atoms with Gasteiger partial charge in [-0.2, -0.15) is 0 Å². The van der Waals surface area contributed by atoms with Crippen LogP contribution in [0.4, 0.5) is 0 Å². The van der Waals surface area contributed by atoms with Crippen LogP contribution in [0.25, 0.3) is 0 Å². The van der Waals surface area contributed by atoms with Gasteiger partial charge < -0.3 is 20.3 Å². The van der Waals surface area contributed by atoms with Crippen LogP contribution in [0.3, 0.4) is 0 Å². The smallest absolute Gasteiger partial charge is 0.191 e. The number of hydrogen-bond acceptors (Lipinski definition) is 5. The molecule has 9 heteroatoms. The van der Waals surface area contributed by atoms with Crippen molar-refractivity contribution >= 4 is 39.8 Å². The summed E-state index contributed by atoms with van der Waals surface area (Å²) >= 11 is 0. The Morgan fingerprint density at radius 1 is 1.23 bits per heavy atom. The number of hydrogen-bond donors (Lipinski definition) is 2. The van der Waals surface area contributed by atoms with E-state index in [1.54, 1.807) is 24.3 Å². The van der Waals surface area contributed by atoms with Gasteiger partial charge in [0, 0.05) is 31.9 Å². The number of aliphatic imine (C=N–C) groups is 1. The van der Waals surface area contributed by atoms with E-state index in [0.29, 0.717) is 29.8 Å². The van der Waals surface area contributed by atoms with Crippen LogP contribution in [0.15, 0.2) is 34.2 Å². The fourth-order valence-electron chi connectivity index (χ4n) is 3.42. The summed E-state index contributed by atoms with van der Waals surface area (Å²) in [5.74, 6) is 1.45. The van der Waals surface area contributed by atoms with E-state index < -0.39 is 9.84 Å². The molecule has 1 aromatic carbocycles. The lowest BCUT2D eigenvalue weighted by Gasteiger charge is -2.33. The van der Waals surface area contributed by atoms with E-state index in [4.69, 9.17) is 4.74 Å². The fourth-order valence-corrected chi connectivity index (χ4v) is 4.05. The standard InChI is InChI=1S/C21H36N4O3S.HI/c1-4-22-21(23-13-7-16-25-15-6-5-8-18(25)2)24-14-17-28-19-9-11-20(12-10-19)29(3,26)27;/h9-12,18H,4-8,13-17H2,1-3H3,(H2,22,23,24);1H. The number of rotatable bonds is 10. The first-order chi connectivity index (χ1) is 13.9. The van der Waals surface area contributed by atoms with Crippen molar-refractivity contribution in [3.05, 3.63) is 24.3 Å². The van der Waals surface area contributed by atoms with Crippen LogP contribution >= 0.6 is 24.0 Å². The fraction of sp³-hybridized carbons (Fsp3) is 0.667. The lowest BCUT2D eigenvalue weighted by molar-refractivity contribution is 0.160. The van der Waals surface area contributed by atoms with Crippen molar-refractivity contribution in [1.29, 1.82) is 0 Å². The zero-order chi connectivity index (χ0) is 21.1. The van der Waals surface area contributed by atoms with Crippen LogP contribution in [0.5, 0.6) is 5.75 Å². The highest BCUT2D eigenvalue weighted by Crippen LogP contribution is 2.16. The summed E-state index contributed by atoms with van der Waals surface area (Å²) < 4.78 is 28.6. The van der Waals surface area contributed by atoms with Crippen LogP contribution < -0.4 is 15.4 Å². The van der Waals surface area contributed by atoms with E-state index in [-0.39, 0.29) is 24.0 Å². The maximum absolute atomic E-state index is 11.5. The summed E-state index contributed by atoms with van der Waals surface area (Å²) in [6.45, 7) is 9.38. The lowest BCUT2D eigenvalue weighted by Crippen LogP contribution is -2.40. The van der Waals surface area contributed by atoms with Crippen molar-refractivity contribution in [2.45, 2.75) is 50.5 Å². The third-order valence-electron chi connectivity index (χ3n) is 5.07. The summed E-state index contributed by atoms with van der Waals surface area (Å²) in [5.41, 5.74) is 0. The molecule has 0 bridgehead atoms. The van der Waals surface area contributed by atoms with Gasteiger partial charge >= 0.3 is 0 Å². The molecule has 1 aliphatic heterocycles. The van der Waals surface area contributed by atoms with Crippen molar-refractivity contribution in [2.75, 3.05) is 45.6 Å². The molecule has 172 valence electrons. The molecular weight excluding hydrogens is 515 g/mol. The number of nitrogens with zero attached hydrogens (tertiary/aromatic N) is 2. The number of halogens is 1. The van der Waals surface area contributed by atoms with Crippen molar-refractivity contribution in [1.82, 2.24) is 15.5 Å². The third-order valence-corrected chi connectivity index (χ3v) is 6.20. The molecule has 1 aliphatic rings. The van der Waals surface area contributed by atoms with E-state index in [2.05, 4.69) is 27.4 Å². The van der Waals surface area contributed by atoms with Gasteiger partial charge in [0.15, 0.2) is 15.8 Å². The van der Waals surface area contributed by atoms with Gasteiger partial charge in [-0.1, -0.05) is 6.42 Å². The van der Waals surface area contributed by atoms with Gasteiger partial charge in [0.25, 0.3) is 0 Å². The van der Waals surface area contributed by atoms with Gasteiger partial charge in [-0.05, 0) is 63.9 Å². The van der Waals surface area contributed by atoms with Crippen molar-refractivity contribution in [3.8, 4) is 5.75 Å². The van der Waals surface area contributed by atoms with Crippen LogP contribution in [0.2, 0.25) is 0 Å². The maximum atomic E-state index is 11.5. The second-order valence-corrected chi connectivity index (χ2v) is 9.53. The van der Waals surface area contributed by atoms with E-state index in [1.807, 2.05) is 6.92 Å². The maximum Gasteiger partial charge on any atom is 0.191 e. The number of piperidine rings is 1. The molecule has 1 unspecified atom stereocenters.